The number of ether oxygens (including phenoxy) is 2. The molecule has 0 saturated carbocycles. The lowest BCUT2D eigenvalue weighted by molar-refractivity contribution is -0.142. The SMILES string of the molecule is COC(=O)[C@@H]1C[C@@H](Oc2ccc(Cl)cn2)CN1. The fraction of sp³-hybridized carbons (Fsp3) is 0.455. The Morgan fingerprint density at radius 2 is 2.41 bits per heavy atom. The van der Waals surface area contributed by atoms with E-state index in [1.54, 1.807) is 12.1 Å². The average molecular weight is 257 g/mol. The Labute approximate surface area is 104 Å². The molecular formula is C11H13ClN2O3. The molecule has 6 heteroatoms. The predicted octanol–water partition coefficient (Wildman–Crippen LogP) is 1.02. The van der Waals surface area contributed by atoms with E-state index in [2.05, 4.69) is 15.0 Å². The van der Waals surface area contributed by atoms with E-state index in [1.165, 1.54) is 13.3 Å². The minimum absolute atomic E-state index is 0.0761. The summed E-state index contributed by atoms with van der Waals surface area (Å²) in [6.07, 6.45) is 2.03. The molecule has 5 nitrogen and oxygen atoms in total. The van der Waals surface area contributed by atoms with Crippen LogP contribution in [0.5, 0.6) is 5.88 Å². The summed E-state index contributed by atoms with van der Waals surface area (Å²) >= 11 is 5.72. The Balaban J connectivity index is 1.89. The molecule has 1 aliphatic rings. The molecule has 2 rings (SSSR count). The third kappa shape index (κ3) is 3.08. The zero-order valence-electron chi connectivity index (χ0n) is 9.35. The molecule has 1 N–H and O–H groups in total. The molecule has 17 heavy (non-hydrogen) atoms. The summed E-state index contributed by atoms with van der Waals surface area (Å²) in [7, 11) is 1.37. The number of aromatic nitrogens is 1. The number of halogens is 1. The molecule has 2 heterocycles. The van der Waals surface area contributed by atoms with E-state index < -0.39 is 0 Å². The van der Waals surface area contributed by atoms with Crippen LogP contribution in [0.25, 0.3) is 0 Å². The first-order chi connectivity index (χ1) is 8.19. The Morgan fingerprint density at radius 3 is 3.06 bits per heavy atom. The van der Waals surface area contributed by atoms with Gasteiger partial charge in [0.15, 0.2) is 0 Å². The number of esters is 1. The Morgan fingerprint density at radius 1 is 1.59 bits per heavy atom. The number of pyridine rings is 1. The van der Waals surface area contributed by atoms with Gasteiger partial charge in [-0.15, -0.1) is 0 Å². The van der Waals surface area contributed by atoms with E-state index in [4.69, 9.17) is 16.3 Å². The lowest BCUT2D eigenvalue weighted by Crippen LogP contribution is -2.31. The Bertz CT molecular complexity index is 396. The summed E-state index contributed by atoms with van der Waals surface area (Å²) in [5.74, 6) is 0.242. The van der Waals surface area contributed by atoms with Gasteiger partial charge in [-0.1, -0.05) is 11.6 Å². The highest BCUT2D eigenvalue weighted by Gasteiger charge is 2.31. The largest absolute Gasteiger partial charge is 0.473 e. The fourth-order valence-corrected chi connectivity index (χ4v) is 1.83. The number of nitrogens with zero attached hydrogens (tertiary/aromatic N) is 1. The molecule has 1 aliphatic heterocycles. The molecule has 1 aromatic rings. The molecule has 0 amide bonds. The van der Waals surface area contributed by atoms with Crippen molar-refractivity contribution < 1.29 is 14.3 Å². The van der Waals surface area contributed by atoms with Gasteiger partial charge in [0.25, 0.3) is 0 Å². The highest BCUT2D eigenvalue weighted by atomic mass is 35.5. The number of carbonyl (C=O) groups is 1. The van der Waals surface area contributed by atoms with E-state index in [0.717, 1.165) is 0 Å². The van der Waals surface area contributed by atoms with Crippen molar-refractivity contribution in [3.05, 3.63) is 23.4 Å². The summed E-state index contributed by atoms with van der Waals surface area (Å²) in [4.78, 5) is 15.3. The second-order valence-corrected chi connectivity index (χ2v) is 4.21. The van der Waals surface area contributed by atoms with Gasteiger partial charge in [0.05, 0.1) is 12.1 Å². The molecule has 2 atom stereocenters. The minimum Gasteiger partial charge on any atom is -0.473 e. The van der Waals surface area contributed by atoms with Crippen LogP contribution in [0.2, 0.25) is 5.02 Å². The molecular weight excluding hydrogens is 244 g/mol. The average Bonchev–Trinajstić information content (AvgIpc) is 2.80. The van der Waals surface area contributed by atoms with Gasteiger partial charge in [-0.3, -0.25) is 4.79 Å². The van der Waals surface area contributed by atoms with Crippen molar-refractivity contribution in [3.63, 3.8) is 0 Å². The summed E-state index contributed by atoms with van der Waals surface area (Å²) in [5, 5.41) is 3.60. The summed E-state index contributed by atoms with van der Waals surface area (Å²) in [5.41, 5.74) is 0. The normalized spacial score (nSPS) is 23.4. The smallest absolute Gasteiger partial charge is 0.323 e. The molecule has 0 aliphatic carbocycles. The van der Waals surface area contributed by atoms with E-state index in [1.807, 2.05) is 0 Å². The molecule has 1 fully saturated rings. The third-order valence-corrected chi connectivity index (χ3v) is 2.79. The van der Waals surface area contributed by atoms with Gasteiger partial charge >= 0.3 is 5.97 Å². The minimum atomic E-state index is -0.294. The van der Waals surface area contributed by atoms with Gasteiger partial charge in [0.1, 0.15) is 12.1 Å². The monoisotopic (exact) mass is 256 g/mol. The zero-order valence-corrected chi connectivity index (χ0v) is 10.1. The maximum Gasteiger partial charge on any atom is 0.323 e. The molecule has 0 radical (unpaired) electrons. The second kappa shape index (κ2) is 5.33. The molecule has 0 spiro atoms. The summed E-state index contributed by atoms with van der Waals surface area (Å²) in [6.45, 7) is 0.601. The topological polar surface area (TPSA) is 60.5 Å². The van der Waals surface area contributed by atoms with Crippen molar-refractivity contribution in [2.24, 2.45) is 0 Å². The first kappa shape index (κ1) is 12.1. The van der Waals surface area contributed by atoms with Crippen molar-refractivity contribution in [1.29, 1.82) is 0 Å². The lowest BCUT2D eigenvalue weighted by atomic mass is 10.2. The highest BCUT2D eigenvalue weighted by molar-refractivity contribution is 6.30. The Kier molecular flexibility index (Phi) is 3.81. The predicted molar refractivity (Wildman–Crippen MR) is 62.1 cm³/mol. The van der Waals surface area contributed by atoms with Crippen molar-refractivity contribution >= 4 is 17.6 Å². The Hall–Kier alpha value is -1.33. The lowest BCUT2D eigenvalue weighted by Gasteiger charge is -2.11. The fourth-order valence-electron chi connectivity index (χ4n) is 1.72. The van der Waals surface area contributed by atoms with Crippen LogP contribution in [0.4, 0.5) is 0 Å². The van der Waals surface area contributed by atoms with Crippen LogP contribution in [-0.4, -0.2) is 36.8 Å². The number of rotatable bonds is 3. The van der Waals surface area contributed by atoms with Gasteiger partial charge in [-0.05, 0) is 6.07 Å². The van der Waals surface area contributed by atoms with E-state index >= 15 is 0 Å². The standard InChI is InChI=1S/C11H13ClN2O3/c1-16-11(15)9-4-8(6-13-9)17-10-3-2-7(12)5-14-10/h2-3,5,8-9,13H,4,6H2,1H3/t8-,9+/m1/s1. The molecule has 0 bridgehead atoms. The molecule has 0 unspecified atom stereocenters. The summed E-state index contributed by atoms with van der Waals surface area (Å²) in [6, 6.07) is 3.12. The van der Waals surface area contributed by atoms with Crippen molar-refractivity contribution in [2.45, 2.75) is 18.6 Å². The van der Waals surface area contributed by atoms with Gasteiger partial charge in [0, 0.05) is 25.2 Å². The first-order valence-corrected chi connectivity index (χ1v) is 5.66. The third-order valence-electron chi connectivity index (χ3n) is 2.56. The maximum absolute atomic E-state index is 11.3. The van der Waals surface area contributed by atoms with Crippen molar-refractivity contribution in [3.8, 4) is 5.88 Å². The quantitative estimate of drug-likeness (QED) is 0.818. The maximum atomic E-state index is 11.3. The number of nitrogens with one attached hydrogen (secondary N) is 1. The van der Waals surface area contributed by atoms with Crippen LogP contribution in [0.3, 0.4) is 0 Å². The van der Waals surface area contributed by atoms with E-state index in [9.17, 15) is 4.79 Å². The van der Waals surface area contributed by atoms with Gasteiger partial charge in [0.2, 0.25) is 5.88 Å². The number of methoxy groups -OCH3 is 1. The van der Waals surface area contributed by atoms with E-state index in [-0.39, 0.29) is 18.1 Å². The van der Waals surface area contributed by atoms with Gasteiger partial charge in [-0.25, -0.2) is 4.98 Å². The first-order valence-electron chi connectivity index (χ1n) is 5.28. The van der Waals surface area contributed by atoms with Crippen LogP contribution in [0.15, 0.2) is 18.3 Å². The van der Waals surface area contributed by atoms with Crippen LogP contribution in [0, 0.1) is 0 Å². The van der Waals surface area contributed by atoms with Crippen LogP contribution < -0.4 is 10.1 Å². The highest BCUT2D eigenvalue weighted by Crippen LogP contribution is 2.17. The number of carbonyl (C=O) groups excluding carboxylic acids is 1. The summed E-state index contributed by atoms with van der Waals surface area (Å²) < 4.78 is 10.3. The van der Waals surface area contributed by atoms with E-state index in [0.29, 0.717) is 23.9 Å². The number of hydrogen-bond acceptors (Lipinski definition) is 5. The van der Waals surface area contributed by atoms with Gasteiger partial charge in [-0.2, -0.15) is 0 Å². The molecule has 92 valence electrons. The van der Waals surface area contributed by atoms with Gasteiger partial charge < -0.3 is 14.8 Å². The van der Waals surface area contributed by atoms with Crippen molar-refractivity contribution in [1.82, 2.24) is 10.3 Å². The second-order valence-electron chi connectivity index (χ2n) is 3.77. The molecule has 1 saturated heterocycles. The van der Waals surface area contributed by atoms with Crippen LogP contribution in [-0.2, 0) is 9.53 Å². The van der Waals surface area contributed by atoms with Crippen molar-refractivity contribution in [2.75, 3.05) is 13.7 Å². The van der Waals surface area contributed by atoms with Crippen LogP contribution >= 0.6 is 11.6 Å². The molecule has 1 aromatic heterocycles. The zero-order chi connectivity index (χ0) is 12.3. The molecule has 0 aromatic carbocycles. The van der Waals surface area contributed by atoms with Crippen LogP contribution in [0.1, 0.15) is 6.42 Å². The number of hydrogen-bond donors (Lipinski definition) is 1.